The predicted molar refractivity (Wildman–Crippen MR) is 94.3 cm³/mol. The van der Waals surface area contributed by atoms with E-state index in [9.17, 15) is 9.18 Å². The average molecular weight is 373 g/mol. The van der Waals surface area contributed by atoms with Crippen molar-refractivity contribution in [3.63, 3.8) is 0 Å². The zero-order chi connectivity index (χ0) is 15.5. The molecule has 5 nitrogen and oxygen atoms in total. The SMILES string of the molecule is Cc1cnc(C(=O)N2CCNCC2c2cccc(F)c2)cn1.Cl.Cl. The minimum absolute atomic E-state index is 0. The molecule has 0 radical (unpaired) electrons. The number of hydrogen-bond acceptors (Lipinski definition) is 4. The van der Waals surface area contributed by atoms with Crippen LogP contribution in [0.4, 0.5) is 4.39 Å². The quantitative estimate of drug-likeness (QED) is 0.879. The molecule has 0 saturated carbocycles. The van der Waals surface area contributed by atoms with Crippen LogP contribution in [0.3, 0.4) is 0 Å². The summed E-state index contributed by atoms with van der Waals surface area (Å²) in [6.45, 7) is 3.67. The lowest BCUT2D eigenvalue weighted by atomic mass is 10.0. The molecule has 1 aliphatic heterocycles. The van der Waals surface area contributed by atoms with Gasteiger partial charge >= 0.3 is 0 Å². The molecule has 0 bridgehead atoms. The van der Waals surface area contributed by atoms with E-state index in [4.69, 9.17) is 0 Å². The fraction of sp³-hybridized carbons (Fsp3) is 0.312. The Balaban J connectivity index is 0.00000144. The molecule has 1 aromatic carbocycles. The summed E-state index contributed by atoms with van der Waals surface area (Å²) >= 11 is 0. The van der Waals surface area contributed by atoms with Crippen LogP contribution in [-0.2, 0) is 0 Å². The first kappa shape index (κ1) is 20.3. The summed E-state index contributed by atoms with van der Waals surface area (Å²) in [6, 6.07) is 6.16. The molecule has 1 N–H and O–H groups in total. The van der Waals surface area contributed by atoms with E-state index in [0.717, 1.165) is 11.3 Å². The lowest BCUT2D eigenvalue weighted by molar-refractivity contribution is 0.0627. The number of hydrogen-bond donors (Lipinski definition) is 1. The standard InChI is InChI=1S/C16H17FN4O.2ClH/c1-11-8-20-14(9-19-11)16(22)21-6-5-18-10-15(21)12-3-2-4-13(17)7-12;;/h2-4,7-9,15,18H,5-6,10H2,1H3;2*1H. The fourth-order valence-electron chi connectivity index (χ4n) is 2.61. The van der Waals surface area contributed by atoms with Gasteiger partial charge in [0.2, 0.25) is 0 Å². The molecule has 2 aromatic rings. The molecular formula is C16H19Cl2FN4O. The van der Waals surface area contributed by atoms with Gasteiger partial charge in [0.1, 0.15) is 11.5 Å². The second kappa shape index (κ2) is 8.92. The van der Waals surface area contributed by atoms with E-state index >= 15 is 0 Å². The van der Waals surface area contributed by atoms with E-state index < -0.39 is 0 Å². The highest BCUT2D eigenvalue weighted by Crippen LogP contribution is 2.24. The largest absolute Gasteiger partial charge is 0.328 e. The van der Waals surface area contributed by atoms with Crippen LogP contribution in [0.15, 0.2) is 36.7 Å². The second-order valence-corrected chi connectivity index (χ2v) is 5.32. The predicted octanol–water partition coefficient (Wildman–Crippen LogP) is 2.55. The monoisotopic (exact) mass is 372 g/mol. The maximum Gasteiger partial charge on any atom is 0.274 e. The molecule has 1 fully saturated rings. The molecule has 1 aliphatic rings. The molecule has 3 rings (SSSR count). The van der Waals surface area contributed by atoms with Crippen LogP contribution in [0.2, 0.25) is 0 Å². The molecular weight excluding hydrogens is 354 g/mol. The number of halogens is 3. The summed E-state index contributed by atoms with van der Waals surface area (Å²) in [5, 5.41) is 3.25. The van der Waals surface area contributed by atoms with Crippen molar-refractivity contribution in [3.05, 3.63) is 59.4 Å². The summed E-state index contributed by atoms with van der Waals surface area (Å²) in [5.74, 6) is -0.478. The summed E-state index contributed by atoms with van der Waals surface area (Å²) in [4.78, 5) is 22.7. The van der Waals surface area contributed by atoms with Crippen LogP contribution >= 0.6 is 24.8 Å². The van der Waals surface area contributed by atoms with Crippen molar-refractivity contribution in [1.29, 1.82) is 0 Å². The number of carbonyl (C=O) groups excluding carboxylic acids is 1. The van der Waals surface area contributed by atoms with Gasteiger partial charge in [-0.3, -0.25) is 9.78 Å². The minimum atomic E-state index is -0.300. The fourth-order valence-corrected chi connectivity index (χ4v) is 2.61. The van der Waals surface area contributed by atoms with Crippen LogP contribution in [0.25, 0.3) is 0 Å². The first-order valence-electron chi connectivity index (χ1n) is 7.21. The smallest absolute Gasteiger partial charge is 0.274 e. The third kappa shape index (κ3) is 4.41. The lowest BCUT2D eigenvalue weighted by Crippen LogP contribution is -2.48. The van der Waals surface area contributed by atoms with Gasteiger partial charge in [-0.2, -0.15) is 0 Å². The van der Waals surface area contributed by atoms with Crippen molar-refractivity contribution >= 4 is 30.7 Å². The van der Waals surface area contributed by atoms with Crippen molar-refractivity contribution < 1.29 is 9.18 Å². The van der Waals surface area contributed by atoms with Crippen LogP contribution in [0.5, 0.6) is 0 Å². The Morgan fingerprint density at radius 1 is 1.29 bits per heavy atom. The Labute approximate surface area is 152 Å². The van der Waals surface area contributed by atoms with Crippen molar-refractivity contribution in [2.45, 2.75) is 13.0 Å². The Bertz CT molecular complexity index is 684. The van der Waals surface area contributed by atoms with E-state index in [1.165, 1.54) is 18.3 Å². The summed E-state index contributed by atoms with van der Waals surface area (Å²) in [5.41, 5.74) is 1.85. The summed E-state index contributed by atoms with van der Waals surface area (Å²) < 4.78 is 13.5. The summed E-state index contributed by atoms with van der Waals surface area (Å²) in [6.07, 6.45) is 3.06. The van der Waals surface area contributed by atoms with Gasteiger partial charge in [0, 0.05) is 25.8 Å². The van der Waals surface area contributed by atoms with E-state index in [0.29, 0.717) is 25.3 Å². The normalized spacial score (nSPS) is 16.8. The average Bonchev–Trinajstić information content (AvgIpc) is 2.55. The molecule has 0 aliphatic carbocycles. The highest BCUT2D eigenvalue weighted by molar-refractivity contribution is 5.92. The van der Waals surface area contributed by atoms with Gasteiger partial charge in [0.15, 0.2) is 0 Å². The Hall–Kier alpha value is -1.76. The molecule has 1 atom stereocenters. The van der Waals surface area contributed by atoms with Gasteiger partial charge in [-0.15, -0.1) is 24.8 Å². The van der Waals surface area contributed by atoms with Gasteiger partial charge in [-0.25, -0.2) is 9.37 Å². The van der Waals surface area contributed by atoms with Gasteiger partial charge in [0.05, 0.1) is 17.9 Å². The van der Waals surface area contributed by atoms with Crippen molar-refractivity contribution in [3.8, 4) is 0 Å². The number of aryl methyl sites for hydroxylation is 1. The van der Waals surface area contributed by atoms with Gasteiger partial charge < -0.3 is 10.2 Å². The number of nitrogens with one attached hydrogen (secondary N) is 1. The lowest BCUT2D eigenvalue weighted by Gasteiger charge is -2.36. The van der Waals surface area contributed by atoms with Crippen molar-refractivity contribution in [2.75, 3.05) is 19.6 Å². The Kier molecular flexibility index (Phi) is 7.54. The van der Waals surface area contributed by atoms with Gasteiger partial charge in [0.25, 0.3) is 5.91 Å². The van der Waals surface area contributed by atoms with Crippen LogP contribution < -0.4 is 5.32 Å². The minimum Gasteiger partial charge on any atom is -0.328 e. The Morgan fingerprint density at radius 2 is 2.08 bits per heavy atom. The van der Waals surface area contributed by atoms with Crippen LogP contribution in [-0.4, -0.2) is 40.4 Å². The zero-order valence-corrected chi connectivity index (χ0v) is 14.7. The number of aromatic nitrogens is 2. The molecule has 130 valence electrons. The third-order valence-corrected chi connectivity index (χ3v) is 3.74. The first-order valence-corrected chi connectivity index (χ1v) is 7.21. The van der Waals surface area contributed by atoms with Crippen LogP contribution in [0.1, 0.15) is 27.8 Å². The Morgan fingerprint density at radius 3 is 2.75 bits per heavy atom. The van der Waals surface area contributed by atoms with Gasteiger partial charge in [-0.05, 0) is 24.6 Å². The maximum atomic E-state index is 13.5. The van der Waals surface area contributed by atoms with E-state index in [1.54, 1.807) is 17.2 Å². The molecule has 2 heterocycles. The molecule has 1 unspecified atom stereocenters. The van der Waals surface area contributed by atoms with Crippen molar-refractivity contribution in [1.82, 2.24) is 20.2 Å². The highest BCUT2D eigenvalue weighted by Gasteiger charge is 2.29. The maximum absolute atomic E-state index is 13.5. The molecule has 1 saturated heterocycles. The number of nitrogens with zero attached hydrogens (tertiary/aromatic N) is 3. The molecule has 24 heavy (non-hydrogen) atoms. The number of amides is 1. The van der Waals surface area contributed by atoms with E-state index in [-0.39, 0.29) is 42.6 Å². The highest BCUT2D eigenvalue weighted by atomic mass is 35.5. The number of benzene rings is 1. The molecule has 1 amide bonds. The second-order valence-electron chi connectivity index (χ2n) is 5.32. The zero-order valence-electron chi connectivity index (χ0n) is 13.1. The summed E-state index contributed by atoms with van der Waals surface area (Å²) in [7, 11) is 0. The molecule has 8 heteroatoms. The first-order chi connectivity index (χ1) is 10.6. The van der Waals surface area contributed by atoms with E-state index in [2.05, 4.69) is 15.3 Å². The number of carbonyl (C=O) groups is 1. The van der Waals surface area contributed by atoms with Crippen LogP contribution in [0, 0.1) is 12.7 Å². The molecule has 1 aromatic heterocycles. The molecule has 0 spiro atoms. The number of piperazine rings is 1. The third-order valence-electron chi connectivity index (χ3n) is 3.74. The topological polar surface area (TPSA) is 58.1 Å². The number of rotatable bonds is 2. The van der Waals surface area contributed by atoms with Crippen molar-refractivity contribution in [2.24, 2.45) is 0 Å². The van der Waals surface area contributed by atoms with Gasteiger partial charge in [-0.1, -0.05) is 12.1 Å². The van der Waals surface area contributed by atoms with E-state index in [1.807, 2.05) is 13.0 Å².